The summed E-state index contributed by atoms with van der Waals surface area (Å²) in [6.07, 6.45) is 0. The van der Waals surface area contributed by atoms with Crippen LogP contribution in [0.3, 0.4) is 0 Å². The van der Waals surface area contributed by atoms with Crippen LogP contribution in [-0.4, -0.2) is 21.9 Å². The number of hydrogen-bond donors (Lipinski definition) is 0. The van der Waals surface area contributed by atoms with Crippen LogP contribution in [0.2, 0.25) is 0 Å². The Bertz CT molecular complexity index is 7.51. The van der Waals surface area contributed by atoms with Gasteiger partial charge in [-0.05, 0) is 0 Å². The van der Waals surface area contributed by atoms with E-state index in [-0.39, 0.29) is 21.9 Å². The molecule has 0 saturated heterocycles. The Labute approximate surface area is 57.2 Å². The molecule has 0 aromatic rings. The van der Waals surface area contributed by atoms with Crippen molar-refractivity contribution in [3.05, 3.63) is 0 Å². The molecule has 0 fully saturated rings. The van der Waals surface area contributed by atoms with E-state index in [2.05, 4.69) is 12.0 Å². The molecule has 0 saturated carbocycles. The number of rotatable bonds is 0. The molecule has 0 spiro atoms. The number of hydrogen-bond acceptors (Lipinski definition) is 0. The second-order valence-electron chi connectivity index (χ2n) is 0. The normalized spacial score (nSPS) is 1.17. The average molecular weight is 264 g/mol. The van der Waals surface area contributed by atoms with Crippen molar-refractivity contribution in [3.63, 3.8) is 0 Å². The van der Waals surface area contributed by atoms with Crippen molar-refractivity contribution >= 4 is 12.0 Å². The topological polar surface area (TPSA) is 126 Å². The monoisotopic (exact) mass is 265 g/mol. The molecule has 4 nitrogen and oxygen atoms in total. The molecule has 0 radical (unpaired) electrons. The van der Waals surface area contributed by atoms with E-state index in [1.54, 1.807) is 0 Å². The first kappa shape index (κ1) is 56.1. The molecule has 0 aromatic carbocycles. The molecule has 0 unspecified atom stereocenters. The van der Waals surface area contributed by atoms with Crippen LogP contribution < -0.4 is 0 Å². The Kier molecular flexibility index (Phi) is 1040. The SMILES string of the molecule is O.O.O.O.[Br][Cd]. The quantitative estimate of drug-likeness (QED) is 0.430. The fraction of sp³-hybridized carbons (Fsp3) is 0. The van der Waals surface area contributed by atoms with Crippen LogP contribution in [0.4, 0.5) is 0 Å². The van der Waals surface area contributed by atoms with Crippen LogP contribution in [0.5, 0.6) is 0 Å². The predicted molar refractivity (Wildman–Crippen MR) is 23.4 cm³/mol. The summed E-state index contributed by atoms with van der Waals surface area (Å²) in [6.45, 7) is 0. The molecule has 0 bridgehead atoms. The molecule has 0 aliphatic heterocycles. The maximum absolute atomic E-state index is 3.11. The molecule has 0 heterocycles. The first-order valence-corrected chi connectivity index (χ1v) is 9.32. The Hall–Kier alpha value is 1.24. The molecule has 0 atom stereocenters. The van der Waals surface area contributed by atoms with Gasteiger partial charge in [-0.2, -0.15) is 0 Å². The van der Waals surface area contributed by atoms with E-state index >= 15 is 0 Å². The molecule has 0 aliphatic carbocycles. The third kappa shape index (κ3) is 61.1. The summed E-state index contributed by atoms with van der Waals surface area (Å²) < 4.78 is 0. The van der Waals surface area contributed by atoms with Gasteiger partial charge >= 0.3 is 35.3 Å². The van der Waals surface area contributed by atoms with Gasteiger partial charge in [-0.15, -0.1) is 0 Å². The summed E-state index contributed by atoms with van der Waals surface area (Å²) in [5.41, 5.74) is 0. The summed E-state index contributed by atoms with van der Waals surface area (Å²) in [5.74, 6) is 0. The van der Waals surface area contributed by atoms with Gasteiger partial charge in [-0.25, -0.2) is 0 Å². The Morgan fingerprint density at radius 1 is 0.667 bits per heavy atom. The fourth-order valence-electron chi connectivity index (χ4n) is 0. The van der Waals surface area contributed by atoms with Crippen molar-refractivity contribution < 1.29 is 45.3 Å². The van der Waals surface area contributed by atoms with E-state index in [0.29, 0.717) is 0 Å². The van der Waals surface area contributed by atoms with Gasteiger partial charge in [0.05, 0.1) is 0 Å². The summed E-state index contributed by atoms with van der Waals surface area (Å²) in [6, 6.07) is 0. The van der Waals surface area contributed by atoms with E-state index in [4.69, 9.17) is 0 Å². The fourth-order valence-corrected chi connectivity index (χ4v) is 0. The van der Waals surface area contributed by atoms with Crippen LogP contribution in [0.25, 0.3) is 0 Å². The minimum atomic E-state index is 0. The van der Waals surface area contributed by atoms with Crippen LogP contribution in [-0.2, 0) is 23.4 Å². The average Bonchev–Trinajstić information content (AvgIpc) is 1.00. The standard InChI is InChI=1S/BrH.Cd.4H2O/h1H;;4*1H2/q;+1;;;;/p-1. The van der Waals surface area contributed by atoms with E-state index in [0.717, 1.165) is 23.4 Å². The van der Waals surface area contributed by atoms with Crippen molar-refractivity contribution in [2.24, 2.45) is 0 Å². The maximum atomic E-state index is 3.11. The predicted octanol–water partition coefficient (Wildman–Crippen LogP) is -2.46. The van der Waals surface area contributed by atoms with E-state index in [1.807, 2.05) is 0 Å². The zero-order valence-electron chi connectivity index (χ0n) is 3.09. The molecule has 0 amide bonds. The summed E-state index contributed by atoms with van der Waals surface area (Å²) in [7, 11) is 0. The number of halogens is 1. The second kappa shape index (κ2) is 111. The molecule has 8 N–H and O–H groups in total. The van der Waals surface area contributed by atoms with E-state index < -0.39 is 0 Å². The van der Waals surface area contributed by atoms with Crippen LogP contribution in [0, 0.1) is 0 Å². The second-order valence-corrected chi connectivity index (χ2v) is 0. The van der Waals surface area contributed by atoms with Gasteiger partial charge in [-0.3, -0.25) is 0 Å². The van der Waals surface area contributed by atoms with Gasteiger partial charge in [0.2, 0.25) is 0 Å². The first-order valence-electron chi connectivity index (χ1n) is 0.267. The third-order valence-corrected chi connectivity index (χ3v) is 0. The van der Waals surface area contributed by atoms with E-state index in [9.17, 15) is 0 Å². The van der Waals surface area contributed by atoms with Gasteiger partial charge in [-0.1, -0.05) is 0 Å². The van der Waals surface area contributed by atoms with Crippen molar-refractivity contribution in [1.29, 1.82) is 0 Å². The minimum absolute atomic E-state index is 0. The van der Waals surface area contributed by atoms with Gasteiger partial charge < -0.3 is 21.9 Å². The zero-order chi connectivity index (χ0) is 2.00. The van der Waals surface area contributed by atoms with Crippen molar-refractivity contribution in [1.82, 2.24) is 0 Å². The van der Waals surface area contributed by atoms with Gasteiger partial charge in [0, 0.05) is 0 Å². The van der Waals surface area contributed by atoms with Crippen molar-refractivity contribution in [2.45, 2.75) is 0 Å². The van der Waals surface area contributed by atoms with Crippen molar-refractivity contribution in [2.75, 3.05) is 0 Å². The molecule has 0 aromatic heterocycles. The summed E-state index contributed by atoms with van der Waals surface area (Å²) in [4.78, 5) is 0. The molecular weight excluding hydrogens is 256 g/mol. The molecule has 0 rings (SSSR count). The van der Waals surface area contributed by atoms with Crippen molar-refractivity contribution in [3.8, 4) is 0 Å². The Balaban J connectivity index is -0.000000000833. The Morgan fingerprint density at radius 2 is 0.667 bits per heavy atom. The molecule has 6 heteroatoms. The summed E-state index contributed by atoms with van der Waals surface area (Å²) in [5, 5.41) is 0. The van der Waals surface area contributed by atoms with Gasteiger partial charge in [0.25, 0.3) is 0 Å². The first-order chi connectivity index (χ1) is 1.00. The van der Waals surface area contributed by atoms with Crippen LogP contribution in [0.15, 0.2) is 0 Å². The molecule has 0 aliphatic rings. The zero-order valence-corrected chi connectivity index (χ0v) is 8.71. The Morgan fingerprint density at radius 3 is 0.667 bits per heavy atom. The van der Waals surface area contributed by atoms with Gasteiger partial charge in [0.1, 0.15) is 0 Å². The summed E-state index contributed by atoms with van der Waals surface area (Å²) >= 11 is 4.07. The molecular formula is H8BrCdO4. The van der Waals surface area contributed by atoms with Crippen LogP contribution >= 0.6 is 12.0 Å². The van der Waals surface area contributed by atoms with E-state index in [1.165, 1.54) is 0 Å². The molecule has 41 valence electrons. The molecule has 6 heavy (non-hydrogen) atoms. The third-order valence-electron chi connectivity index (χ3n) is 0. The van der Waals surface area contributed by atoms with Crippen LogP contribution in [0.1, 0.15) is 0 Å². The van der Waals surface area contributed by atoms with Gasteiger partial charge in [0.15, 0.2) is 0 Å².